The SMILES string of the molecule is COC1C(=O)[C@]2(C)C(OC)CC3OCC3(O)C2[C@H](C)C2(O)CC(OC(=O)[C@H](C)C(NC(=O)c3ccccc3)c3ccccc3)C(C)=C1C2(C)C. The molecule has 2 saturated carbocycles. The monoisotopic (exact) mass is 689 g/mol. The minimum atomic E-state index is -1.56. The Morgan fingerprint density at radius 2 is 1.60 bits per heavy atom. The summed E-state index contributed by atoms with van der Waals surface area (Å²) in [6.45, 7) is 11.1. The molecule has 2 aromatic carbocycles. The van der Waals surface area contributed by atoms with Crippen molar-refractivity contribution in [3.8, 4) is 0 Å². The van der Waals surface area contributed by atoms with Crippen molar-refractivity contribution >= 4 is 17.7 Å². The molecule has 1 aliphatic heterocycles. The van der Waals surface area contributed by atoms with Gasteiger partial charge in [-0.1, -0.05) is 69.3 Å². The molecule has 0 radical (unpaired) electrons. The van der Waals surface area contributed by atoms with Crippen molar-refractivity contribution in [3.05, 3.63) is 82.9 Å². The predicted octanol–water partition coefficient (Wildman–Crippen LogP) is 4.59. The molecule has 2 aromatic rings. The fraction of sp³-hybridized carbons (Fsp3) is 0.575. The smallest absolute Gasteiger partial charge is 0.311 e. The third kappa shape index (κ3) is 5.29. The molecule has 6 rings (SSSR count). The summed E-state index contributed by atoms with van der Waals surface area (Å²) in [5, 5.41) is 28.3. The van der Waals surface area contributed by atoms with Gasteiger partial charge in [-0.05, 0) is 55.5 Å². The summed E-state index contributed by atoms with van der Waals surface area (Å²) in [6.07, 6.45) is -2.80. The molecule has 10 nitrogen and oxygen atoms in total. The Morgan fingerprint density at radius 1 is 0.980 bits per heavy atom. The van der Waals surface area contributed by atoms with E-state index in [-0.39, 0.29) is 24.7 Å². The van der Waals surface area contributed by atoms with Crippen LogP contribution in [0.2, 0.25) is 0 Å². The molecule has 2 bridgehead atoms. The van der Waals surface area contributed by atoms with Gasteiger partial charge in [-0.3, -0.25) is 14.4 Å². The van der Waals surface area contributed by atoms with Crippen molar-refractivity contribution in [1.82, 2.24) is 5.32 Å². The van der Waals surface area contributed by atoms with Crippen LogP contribution in [0.15, 0.2) is 71.8 Å². The zero-order valence-electron chi connectivity index (χ0n) is 30.3. The van der Waals surface area contributed by atoms with Gasteiger partial charge in [0.15, 0.2) is 5.78 Å². The van der Waals surface area contributed by atoms with E-state index in [4.69, 9.17) is 18.9 Å². The van der Waals surface area contributed by atoms with Gasteiger partial charge in [0, 0.05) is 44.0 Å². The van der Waals surface area contributed by atoms with Crippen molar-refractivity contribution in [2.45, 2.75) is 96.0 Å². The van der Waals surface area contributed by atoms with Crippen LogP contribution in [0.5, 0.6) is 0 Å². The molecule has 1 saturated heterocycles. The number of ketones is 1. The second-order valence-electron chi connectivity index (χ2n) is 15.6. The molecule has 270 valence electrons. The zero-order valence-corrected chi connectivity index (χ0v) is 30.3. The highest BCUT2D eigenvalue weighted by Gasteiger charge is 2.74. The van der Waals surface area contributed by atoms with E-state index in [0.717, 1.165) is 5.56 Å². The summed E-state index contributed by atoms with van der Waals surface area (Å²) in [4.78, 5) is 42.5. The van der Waals surface area contributed by atoms with Crippen LogP contribution in [0, 0.1) is 28.6 Å². The van der Waals surface area contributed by atoms with Gasteiger partial charge in [-0.15, -0.1) is 0 Å². The van der Waals surface area contributed by atoms with Gasteiger partial charge in [0.25, 0.3) is 5.91 Å². The van der Waals surface area contributed by atoms with Crippen molar-refractivity contribution in [2.75, 3.05) is 20.8 Å². The summed E-state index contributed by atoms with van der Waals surface area (Å²) in [5.74, 6) is -3.40. The minimum absolute atomic E-state index is 0.0256. The lowest BCUT2D eigenvalue weighted by atomic mass is 9.42. The molecule has 8 unspecified atom stereocenters. The van der Waals surface area contributed by atoms with Crippen LogP contribution in [0.25, 0.3) is 0 Å². The summed E-state index contributed by atoms with van der Waals surface area (Å²) in [7, 11) is 3.02. The summed E-state index contributed by atoms with van der Waals surface area (Å²) >= 11 is 0. The maximum atomic E-state index is 14.9. The Balaban J connectivity index is 1.39. The van der Waals surface area contributed by atoms with Gasteiger partial charge in [0.05, 0.1) is 41.8 Å². The van der Waals surface area contributed by atoms with E-state index in [1.165, 1.54) is 7.11 Å². The van der Waals surface area contributed by atoms with Gasteiger partial charge in [0.1, 0.15) is 17.8 Å². The molecule has 0 spiro atoms. The van der Waals surface area contributed by atoms with E-state index in [1.54, 1.807) is 38.3 Å². The Morgan fingerprint density at radius 3 is 2.16 bits per heavy atom. The molecule has 1 heterocycles. The first-order valence-electron chi connectivity index (χ1n) is 17.6. The average molecular weight is 690 g/mol. The second-order valence-corrected chi connectivity index (χ2v) is 15.6. The van der Waals surface area contributed by atoms with Crippen molar-refractivity contribution in [2.24, 2.45) is 28.6 Å². The highest BCUT2D eigenvalue weighted by molar-refractivity contribution is 5.95. The number of carbonyl (C=O) groups is 3. The number of esters is 1. The lowest BCUT2D eigenvalue weighted by Gasteiger charge is -2.68. The lowest BCUT2D eigenvalue weighted by molar-refractivity contribution is -0.337. The summed E-state index contributed by atoms with van der Waals surface area (Å²) in [6, 6.07) is 17.3. The third-order valence-corrected chi connectivity index (χ3v) is 12.9. The van der Waals surface area contributed by atoms with Crippen molar-refractivity contribution < 1.29 is 43.5 Å². The Kier molecular flexibility index (Phi) is 9.44. The van der Waals surface area contributed by atoms with Gasteiger partial charge in [0.2, 0.25) is 0 Å². The number of nitrogens with one attached hydrogen (secondary N) is 1. The fourth-order valence-corrected chi connectivity index (χ4v) is 9.98. The molecule has 3 fully saturated rings. The second kappa shape index (κ2) is 13.0. The molecular weight excluding hydrogens is 638 g/mol. The number of rotatable bonds is 8. The highest BCUT2D eigenvalue weighted by Crippen LogP contribution is 2.65. The van der Waals surface area contributed by atoms with E-state index in [2.05, 4.69) is 5.32 Å². The van der Waals surface area contributed by atoms with Gasteiger partial charge in [-0.25, -0.2) is 0 Å². The Labute approximate surface area is 294 Å². The molecule has 3 aliphatic carbocycles. The number of benzene rings is 2. The zero-order chi connectivity index (χ0) is 36.4. The third-order valence-electron chi connectivity index (χ3n) is 12.9. The molecule has 0 aromatic heterocycles. The standard InChI is InChI=1S/C40H51NO9/c1-22-27(50-36(44)23(2)31(25-15-11-9-12-16-25)41-35(43)26-17-13-10-14-18-26)20-40(46)24(3)33-38(6,28(47-7)19-29-39(33,45)21-49-29)34(42)32(48-8)30(22)37(40,4)5/h9-18,23-24,27-29,31-33,45-46H,19-21H2,1-8H3,(H,41,43)/t23-,24+,27?,28?,29?,31?,32?,33?,38-,39?,40?/m1/s1. The van der Waals surface area contributed by atoms with E-state index in [9.17, 15) is 24.6 Å². The average Bonchev–Trinajstić information content (AvgIpc) is 3.10. The van der Waals surface area contributed by atoms with Crippen LogP contribution in [0.1, 0.15) is 76.3 Å². The topological polar surface area (TPSA) is 141 Å². The van der Waals surface area contributed by atoms with Crippen molar-refractivity contribution in [3.63, 3.8) is 0 Å². The van der Waals surface area contributed by atoms with E-state index < -0.39 is 76.2 Å². The van der Waals surface area contributed by atoms with Gasteiger partial charge < -0.3 is 34.5 Å². The van der Waals surface area contributed by atoms with Crippen LogP contribution in [-0.2, 0) is 28.5 Å². The fourth-order valence-electron chi connectivity index (χ4n) is 9.98. The Hall–Kier alpha value is -3.41. The number of methoxy groups -OCH3 is 2. The number of amides is 1. The maximum Gasteiger partial charge on any atom is 0.311 e. The van der Waals surface area contributed by atoms with Crippen LogP contribution < -0.4 is 5.32 Å². The summed E-state index contributed by atoms with van der Waals surface area (Å²) in [5.41, 5.74) is -2.80. The largest absolute Gasteiger partial charge is 0.457 e. The first-order chi connectivity index (χ1) is 23.6. The van der Waals surface area contributed by atoms with Crippen LogP contribution in [0.3, 0.4) is 0 Å². The number of aliphatic hydroxyl groups is 2. The van der Waals surface area contributed by atoms with Crippen LogP contribution >= 0.6 is 0 Å². The molecular formula is C40H51NO9. The number of ether oxygens (including phenoxy) is 4. The molecule has 3 N–H and O–H groups in total. The van der Waals surface area contributed by atoms with Crippen LogP contribution in [-0.4, -0.2) is 84.3 Å². The predicted molar refractivity (Wildman–Crippen MR) is 185 cm³/mol. The normalized spacial score (nSPS) is 37.2. The number of hydrogen-bond donors (Lipinski definition) is 3. The molecule has 1 amide bonds. The number of hydrogen-bond acceptors (Lipinski definition) is 9. The quantitative estimate of drug-likeness (QED) is 0.268. The number of Topliss-reactive ketones (excluding diaryl/α,β-unsaturated/α-hetero) is 1. The summed E-state index contributed by atoms with van der Waals surface area (Å²) < 4.78 is 24.1. The minimum Gasteiger partial charge on any atom is -0.457 e. The highest BCUT2D eigenvalue weighted by atomic mass is 16.6. The Bertz CT molecular complexity index is 1660. The number of carbonyl (C=O) groups excluding carboxylic acids is 3. The van der Waals surface area contributed by atoms with Gasteiger partial charge in [-0.2, -0.15) is 0 Å². The molecule has 10 heteroatoms. The number of fused-ring (bicyclic) bond motifs is 5. The van der Waals surface area contributed by atoms with Crippen LogP contribution in [0.4, 0.5) is 0 Å². The van der Waals surface area contributed by atoms with E-state index in [0.29, 0.717) is 23.1 Å². The van der Waals surface area contributed by atoms with E-state index >= 15 is 0 Å². The molecule has 50 heavy (non-hydrogen) atoms. The lowest BCUT2D eigenvalue weighted by Crippen LogP contribution is -2.79. The van der Waals surface area contributed by atoms with E-state index in [1.807, 2.05) is 71.0 Å². The maximum absolute atomic E-state index is 14.9. The van der Waals surface area contributed by atoms with Crippen molar-refractivity contribution in [1.29, 1.82) is 0 Å². The molecule has 4 aliphatic rings. The first kappa shape index (κ1) is 36.4. The first-order valence-corrected chi connectivity index (χ1v) is 17.6. The van der Waals surface area contributed by atoms with Gasteiger partial charge >= 0.3 is 5.97 Å². The molecule has 11 atom stereocenters.